The van der Waals surface area contributed by atoms with Gasteiger partial charge in [-0.1, -0.05) is 18.2 Å². The SMILES string of the molecule is CN(C)c1cc(NC(=O)Sc2ccccc2)c(O)c2c1CC1CC3CC(=O)C(C(N)=O)=C(O)C3C(=O)C1=C2O. The van der Waals surface area contributed by atoms with E-state index in [4.69, 9.17) is 5.73 Å². The van der Waals surface area contributed by atoms with Crippen LogP contribution in [-0.2, 0) is 20.8 Å². The number of carbonyl (C=O) groups is 4. The minimum atomic E-state index is -1.19. The molecule has 2 amide bonds. The molecule has 11 heteroatoms. The number of fused-ring (bicyclic) bond motifs is 3. The first-order valence-corrected chi connectivity index (χ1v) is 13.1. The number of allylic oxidation sites excluding steroid dienone is 2. The van der Waals surface area contributed by atoms with Crippen molar-refractivity contribution in [2.24, 2.45) is 23.5 Å². The molecule has 2 aromatic rings. The van der Waals surface area contributed by atoms with Crippen LogP contribution in [0.15, 0.2) is 58.2 Å². The molecule has 0 heterocycles. The number of phenolic OH excluding ortho intramolecular Hbond substituents is 1. The zero-order valence-electron chi connectivity index (χ0n) is 21.2. The summed E-state index contributed by atoms with van der Waals surface area (Å²) < 4.78 is 0. The number of benzene rings is 2. The predicted molar refractivity (Wildman–Crippen MR) is 146 cm³/mol. The number of amides is 2. The molecule has 39 heavy (non-hydrogen) atoms. The molecular weight excluding hydrogens is 522 g/mol. The first-order chi connectivity index (χ1) is 18.5. The maximum absolute atomic E-state index is 13.7. The molecule has 0 radical (unpaired) electrons. The molecule has 1 fully saturated rings. The lowest BCUT2D eigenvalue weighted by molar-refractivity contribution is -0.127. The number of rotatable bonds is 4. The summed E-state index contributed by atoms with van der Waals surface area (Å²) in [6.07, 6.45) is 0.460. The number of anilines is 2. The summed E-state index contributed by atoms with van der Waals surface area (Å²) in [5, 5.41) is 35.6. The van der Waals surface area contributed by atoms with Gasteiger partial charge in [-0.15, -0.1) is 0 Å². The smallest absolute Gasteiger partial charge is 0.288 e. The summed E-state index contributed by atoms with van der Waals surface area (Å²) >= 11 is 0.932. The van der Waals surface area contributed by atoms with Crippen molar-refractivity contribution in [2.45, 2.75) is 24.2 Å². The molecule has 0 aromatic heterocycles. The number of thioether (sulfide) groups is 1. The largest absolute Gasteiger partial charge is 0.511 e. The lowest BCUT2D eigenvalue weighted by Gasteiger charge is -2.41. The van der Waals surface area contributed by atoms with Gasteiger partial charge in [0, 0.05) is 36.7 Å². The Morgan fingerprint density at radius 1 is 1.08 bits per heavy atom. The summed E-state index contributed by atoms with van der Waals surface area (Å²) in [5.41, 5.74) is 5.99. The van der Waals surface area contributed by atoms with Gasteiger partial charge in [0.2, 0.25) is 0 Å². The van der Waals surface area contributed by atoms with Crippen LogP contribution in [0.1, 0.15) is 24.0 Å². The molecule has 3 aliphatic rings. The zero-order chi connectivity index (χ0) is 28.2. The molecular formula is C28H27N3O7S. The third kappa shape index (κ3) is 4.42. The van der Waals surface area contributed by atoms with E-state index in [9.17, 15) is 34.5 Å². The fourth-order valence-corrected chi connectivity index (χ4v) is 6.58. The number of hydrogen-bond acceptors (Lipinski definition) is 9. The number of ketones is 2. The maximum Gasteiger partial charge on any atom is 0.288 e. The summed E-state index contributed by atoms with van der Waals surface area (Å²) in [4.78, 5) is 53.2. The average Bonchev–Trinajstić information content (AvgIpc) is 2.85. The number of phenols is 1. The van der Waals surface area contributed by atoms with Gasteiger partial charge in [0.05, 0.1) is 17.2 Å². The molecule has 3 unspecified atom stereocenters. The minimum absolute atomic E-state index is 0.00983. The van der Waals surface area contributed by atoms with Crippen LogP contribution in [0.2, 0.25) is 0 Å². The molecule has 0 saturated heterocycles. The third-order valence-electron chi connectivity index (χ3n) is 7.54. The first-order valence-electron chi connectivity index (χ1n) is 12.3. The molecule has 0 spiro atoms. The van der Waals surface area contributed by atoms with Gasteiger partial charge < -0.3 is 31.3 Å². The molecule has 0 aliphatic heterocycles. The van der Waals surface area contributed by atoms with Crippen LogP contribution < -0.4 is 16.0 Å². The van der Waals surface area contributed by atoms with E-state index >= 15 is 0 Å². The second kappa shape index (κ2) is 9.81. The summed E-state index contributed by atoms with van der Waals surface area (Å²) in [5.74, 6) is -6.09. The molecule has 0 bridgehead atoms. The predicted octanol–water partition coefficient (Wildman–Crippen LogP) is 3.70. The fraction of sp³-hybridized carbons (Fsp3) is 0.286. The van der Waals surface area contributed by atoms with E-state index in [2.05, 4.69) is 5.32 Å². The molecule has 202 valence electrons. The van der Waals surface area contributed by atoms with Crippen molar-refractivity contribution < 1.29 is 34.5 Å². The number of aromatic hydroxyl groups is 1. The van der Waals surface area contributed by atoms with Gasteiger partial charge in [0.1, 0.15) is 17.1 Å². The summed E-state index contributed by atoms with van der Waals surface area (Å²) in [6, 6.07) is 10.6. The quantitative estimate of drug-likeness (QED) is 0.217. The van der Waals surface area contributed by atoms with E-state index in [1.807, 2.05) is 6.07 Å². The number of aliphatic hydroxyl groups excluding tert-OH is 2. The number of nitrogens with two attached hydrogens (primary N) is 1. The molecule has 3 atom stereocenters. The van der Waals surface area contributed by atoms with Gasteiger partial charge in [0.25, 0.3) is 11.1 Å². The Balaban J connectivity index is 1.58. The number of primary amides is 1. The minimum Gasteiger partial charge on any atom is -0.511 e. The van der Waals surface area contributed by atoms with E-state index < -0.39 is 63.3 Å². The highest BCUT2D eigenvalue weighted by Crippen LogP contribution is 2.53. The maximum atomic E-state index is 13.7. The monoisotopic (exact) mass is 549 g/mol. The van der Waals surface area contributed by atoms with Crippen LogP contribution in [0.4, 0.5) is 16.2 Å². The highest BCUT2D eigenvalue weighted by Gasteiger charge is 2.51. The summed E-state index contributed by atoms with van der Waals surface area (Å²) in [7, 11) is 3.56. The van der Waals surface area contributed by atoms with Crippen LogP contribution in [-0.4, -0.2) is 52.1 Å². The Morgan fingerprint density at radius 3 is 2.41 bits per heavy atom. The van der Waals surface area contributed by atoms with Crippen LogP contribution >= 0.6 is 11.8 Å². The Kier molecular flexibility index (Phi) is 6.63. The van der Waals surface area contributed by atoms with Crippen LogP contribution in [0.3, 0.4) is 0 Å². The Hall–Kier alpha value is -4.25. The zero-order valence-corrected chi connectivity index (χ0v) is 22.0. The van der Waals surface area contributed by atoms with Crippen LogP contribution in [0, 0.1) is 17.8 Å². The number of Topliss-reactive ketones (excluding diaryl/α,β-unsaturated/α-hetero) is 2. The molecule has 6 N–H and O–H groups in total. The van der Waals surface area contributed by atoms with E-state index in [0.717, 1.165) is 11.8 Å². The van der Waals surface area contributed by atoms with Gasteiger partial charge in [-0.25, -0.2) is 0 Å². The fourth-order valence-electron chi connectivity index (χ4n) is 5.91. The van der Waals surface area contributed by atoms with E-state index in [0.29, 0.717) is 22.6 Å². The molecule has 3 aliphatic carbocycles. The van der Waals surface area contributed by atoms with E-state index in [1.54, 1.807) is 49.3 Å². The standard InChI is InChI=1S/C28H27N3O7S/c1-31(2)17-11-16(30-28(38)39-14-6-4-3-5-7-14)23(33)21-15(17)9-12-8-13-10-18(32)22(27(29)37)26(36)20(13)24(34)19(12)25(21)35/h3-7,11-13,20,33,35-36H,8-10H2,1-2H3,(H2,29,37)(H,30,38). The normalized spacial score (nSPS) is 22.2. The number of nitrogens with zero attached hydrogens (tertiary/aromatic N) is 1. The van der Waals surface area contributed by atoms with Gasteiger partial charge >= 0.3 is 0 Å². The van der Waals surface area contributed by atoms with Crippen molar-refractivity contribution in [3.8, 4) is 5.75 Å². The van der Waals surface area contributed by atoms with Gasteiger partial charge in [-0.3, -0.25) is 19.2 Å². The van der Waals surface area contributed by atoms with Gasteiger partial charge in [-0.05, 0) is 60.2 Å². The van der Waals surface area contributed by atoms with Crippen molar-refractivity contribution in [1.82, 2.24) is 0 Å². The average molecular weight is 550 g/mol. The van der Waals surface area contributed by atoms with Crippen molar-refractivity contribution in [3.63, 3.8) is 0 Å². The van der Waals surface area contributed by atoms with E-state index in [1.165, 1.54) is 0 Å². The molecule has 10 nitrogen and oxygen atoms in total. The lowest BCUT2D eigenvalue weighted by atomic mass is 9.61. The lowest BCUT2D eigenvalue weighted by Crippen LogP contribution is -2.44. The second-order valence-corrected chi connectivity index (χ2v) is 11.2. The van der Waals surface area contributed by atoms with Crippen molar-refractivity contribution in [3.05, 3.63) is 64.4 Å². The second-order valence-electron chi connectivity index (χ2n) is 10.1. The highest BCUT2D eigenvalue weighted by atomic mass is 32.2. The third-order valence-corrected chi connectivity index (χ3v) is 8.33. The van der Waals surface area contributed by atoms with Crippen molar-refractivity contribution >= 4 is 51.6 Å². The van der Waals surface area contributed by atoms with E-state index in [-0.39, 0.29) is 29.7 Å². The molecule has 2 aromatic carbocycles. The first kappa shape index (κ1) is 26.4. The molecule has 5 rings (SSSR count). The van der Waals surface area contributed by atoms with Gasteiger partial charge in [-0.2, -0.15) is 0 Å². The van der Waals surface area contributed by atoms with Crippen LogP contribution in [0.25, 0.3) is 5.76 Å². The van der Waals surface area contributed by atoms with Crippen molar-refractivity contribution in [1.29, 1.82) is 0 Å². The topological polar surface area (TPSA) is 170 Å². The highest BCUT2D eigenvalue weighted by molar-refractivity contribution is 8.13. The number of aliphatic hydroxyl groups is 2. The van der Waals surface area contributed by atoms with Crippen molar-refractivity contribution in [2.75, 3.05) is 24.3 Å². The summed E-state index contributed by atoms with van der Waals surface area (Å²) in [6.45, 7) is 0. The Bertz CT molecular complexity index is 1500. The molecule has 1 saturated carbocycles. The Labute approximate surface area is 228 Å². The Morgan fingerprint density at radius 2 is 1.77 bits per heavy atom. The number of hydrogen-bond donors (Lipinski definition) is 5. The van der Waals surface area contributed by atoms with Crippen LogP contribution in [0.5, 0.6) is 5.75 Å². The van der Waals surface area contributed by atoms with Gasteiger partial charge in [0.15, 0.2) is 17.3 Å². The number of carbonyl (C=O) groups excluding carboxylic acids is 4. The number of nitrogens with one attached hydrogen (secondary N) is 1.